The summed E-state index contributed by atoms with van der Waals surface area (Å²) in [7, 11) is 3.29. The smallest absolute Gasteiger partial charge is 0.343 e. The maximum atomic E-state index is 12.6. The maximum absolute atomic E-state index is 12.6. The number of rotatable bonds is 5. The minimum atomic E-state index is -4.25. The van der Waals surface area contributed by atoms with Gasteiger partial charge in [-0.15, -0.1) is 0 Å². The normalized spacial score (nSPS) is 16.9. The molecular weight excluding hydrogens is 357 g/mol. The van der Waals surface area contributed by atoms with Crippen molar-refractivity contribution >= 4 is 5.91 Å². The molecule has 8 heteroatoms. The quantitative estimate of drug-likeness (QED) is 0.868. The summed E-state index contributed by atoms with van der Waals surface area (Å²) in [6.07, 6.45) is -2.71. The number of hydrogen-bond donors (Lipinski definition) is 1. The fraction of sp³-hybridized carbons (Fsp3) is 0.474. The number of benzene rings is 1. The van der Waals surface area contributed by atoms with Crippen molar-refractivity contribution in [1.29, 1.82) is 0 Å². The molecule has 146 valence electrons. The van der Waals surface area contributed by atoms with Gasteiger partial charge in [0.25, 0.3) is 5.91 Å². The molecule has 1 N–H and O–H groups in total. The van der Waals surface area contributed by atoms with E-state index in [9.17, 15) is 18.0 Å². The van der Waals surface area contributed by atoms with Crippen LogP contribution >= 0.6 is 0 Å². The molecule has 1 aliphatic rings. The van der Waals surface area contributed by atoms with E-state index in [-0.39, 0.29) is 11.9 Å². The Balaban J connectivity index is 1.87. The van der Waals surface area contributed by atoms with Crippen LogP contribution in [0.2, 0.25) is 0 Å². The summed E-state index contributed by atoms with van der Waals surface area (Å²) in [5.41, 5.74) is 3.10. The maximum Gasteiger partial charge on any atom is 0.401 e. The Labute approximate surface area is 156 Å². The van der Waals surface area contributed by atoms with Gasteiger partial charge in [0, 0.05) is 31.4 Å². The van der Waals surface area contributed by atoms with Crippen LogP contribution in [0, 0.1) is 0 Å². The van der Waals surface area contributed by atoms with E-state index >= 15 is 0 Å². The van der Waals surface area contributed by atoms with Crippen LogP contribution in [0.4, 0.5) is 13.2 Å². The number of hydrogen-bond acceptors (Lipinski definition) is 3. The highest BCUT2D eigenvalue weighted by Gasteiger charge is 2.33. The zero-order valence-corrected chi connectivity index (χ0v) is 15.4. The van der Waals surface area contributed by atoms with E-state index in [4.69, 9.17) is 0 Å². The third-order valence-corrected chi connectivity index (χ3v) is 4.72. The van der Waals surface area contributed by atoms with Crippen molar-refractivity contribution in [3.63, 3.8) is 0 Å². The molecule has 1 amide bonds. The van der Waals surface area contributed by atoms with E-state index in [0.29, 0.717) is 31.5 Å². The predicted octanol–water partition coefficient (Wildman–Crippen LogP) is 2.64. The molecule has 0 fully saturated rings. The van der Waals surface area contributed by atoms with Crippen LogP contribution in [0.25, 0.3) is 0 Å². The number of nitrogens with zero attached hydrogens (tertiary/aromatic N) is 3. The van der Waals surface area contributed by atoms with E-state index < -0.39 is 12.7 Å². The van der Waals surface area contributed by atoms with Gasteiger partial charge >= 0.3 is 6.18 Å². The van der Waals surface area contributed by atoms with Crippen molar-refractivity contribution in [1.82, 2.24) is 20.0 Å². The predicted molar refractivity (Wildman–Crippen MR) is 95.7 cm³/mol. The van der Waals surface area contributed by atoms with Crippen molar-refractivity contribution in [3.05, 3.63) is 52.8 Å². The molecule has 1 aromatic carbocycles. The van der Waals surface area contributed by atoms with Crippen LogP contribution in [-0.4, -0.2) is 53.4 Å². The van der Waals surface area contributed by atoms with Gasteiger partial charge in [0.1, 0.15) is 0 Å². The average molecular weight is 380 g/mol. The first kappa shape index (κ1) is 19.4. The lowest BCUT2D eigenvalue weighted by Gasteiger charge is -2.25. The summed E-state index contributed by atoms with van der Waals surface area (Å²) in [4.78, 5) is 14.0. The molecule has 2 aromatic rings. The van der Waals surface area contributed by atoms with Crippen LogP contribution in [-0.2, 0) is 19.4 Å². The first-order chi connectivity index (χ1) is 12.7. The summed E-state index contributed by atoms with van der Waals surface area (Å²) in [6.45, 7) is -0.493. The summed E-state index contributed by atoms with van der Waals surface area (Å²) < 4.78 is 39.4. The Morgan fingerprint density at radius 3 is 2.63 bits per heavy atom. The second-order valence-electron chi connectivity index (χ2n) is 7.05. The van der Waals surface area contributed by atoms with Crippen molar-refractivity contribution in [3.8, 4) is 0 Å². The first-order valence-corrected chi connectivity index (χ1v) is 8.89. The number of fused-ring (bicyclic) bond motifs is 1. The highest BCUT2D eigenvalue weighted by Crippen LogP contribution is 2.27. The Morgan fingerprint density at radius 1 is 1.30 bits per heavy atom. The Kier molecular flexibility index (Phi) is 5.55. The number of halogens is 3. The monoisotopic (exact) mass is 380 g/mol. The van der Waals surface area contributed by atoms with Gasteiger partial charge in [-0.1, -0.05) is 30.3 Å². The van der Waals surface area contributed by atoms with Crippen LogP contribution in [0.5, 0.6) is 0 Å². The molecule has 1 heterocycles. The third-order valence-electron chi connectivity index (χ3n) is 4.72. The number of carbonyl (C=O) groups excluding carboxylic acids is 1. The number of carbonyl (C=O) groups is 1. The molecule has 5 nitrogen and oxygen atoms in total. The molecule has 0 aliphatic heterocycles. The second kappa shape index (κ2) is 7.72. The lowest BCUT2D eigenvalue weighted by molar-refractivity contribution is -0.126. The highest BCUT2D eigenvalue weighted by atomic mass is 19.4. The van der Waals surface area contributed by atoms with Gasteiger partial charge in [-0.3, -0.25) is 9.48 Å². The molecule has 27 heavy (non-hydrogen) atoms. The second-order valence-corrected chi connectivity index (χ2v) is 7.05. The number of aromatic nitrogens is 2. The van der Waals surface area contributed by atoms with Crippen LogP contribution in [0.3, 0.4) is 0 Å². The van der Waals surface area contributed by atoms with E-state index in [2.05, 4.69) is 10.4 Å². The topological polar surface area (TPSA) is 50.2 Å². The standard InChI is InChI=1S/C19H23F3N4O/c1-25(2)18(27)17-15-10-14(23-12-19(20,21)22)8-9-16(15)26(24-17)11-13-6-4-3-5-7-13/h3-7,14,23H,8-12H2,1-2H3/t14-/m0/s1. The summed E-state index contributed by atoms with van der Waals surface area (Å²) in [5.74, 6) is -0.227. The van der Waals surface area contributed by atoms with Crippen molar-refractivity contribution in [2.24, 2.45) is 0 Å². The Bertz CT molecular complexity index is 799. The minimum Gasteiger partial charge on any atom is -0.343 e. The lowest BCUT2D eigenvalue weighted by Crippen LogP contribution is -2.40. The van der Waals surface area contributed by atoms with E-state index in [1.165, 1.54) is 4.90 Å². The molecule has 1 aliphatic carbocycles. The molecule has 3 rings (SSSR count). The van der Waals surface area contributed by atoms with Crippen molar-refractivity contribution in [2.45, 2.75) is 38.0 Å². The van der Waals surface area contributed by atoms with Crippen LogP contribution in [0.15, 0.2) is 30.3 Å². The molecule has 0 bridgehead atoms. The van der Waals surface area contributed by atoms with Gasteiger partial charge < -0.3 is 10.2 Å². The molecule has 1 aromatic heterocycles. The van der Waals surface area contributed by atoms with Gasteiger partial charge in [-0.2, -0.15) is 18.3 Å². The zero-order chi connectivity index (χ0) is 19.6. The first-order valence-electron chi connectivity index (χ1n) is 8.89. The van der Waals surface area contributed by atoms with Gasteiger partial charge in [0.2, 0.25) is 0 Å². The van der Waals surface area contributed by atoms with Gasteiger partial charge in [-0.05, 0) is 24.8 Å². The van der Waals surface area contributed by atoms with Crippen molar-refractivity contribution < 1.29 is 18.0 Å². The molecule has 0 saturated heterocycles. The number of alkyl halides is 3. The number of nitrogens with one attached hydrogen (secondary N) is 1. The third kappa shape index (κ3) is 4.68. The summed E-state index contributed by atoms with van der Waals surface area (Å²) in [6, 6.07) is 9.46. The summed E-state index contributed by atoms with van der Waals surface area (Å²) >= 11 is 0. The Morgan fingerprint density at radius 2 is 2.00 bits per heavy atom. The minimum absolute atomic E-state index is 0.227. The molecule has 0 unspecified atom stereocenters. The molecular formula is C19H23F3N4O. The van der Waals surface area contributed by atoms with E-state index in [0.717, 1.165) is 16.8 Å². The SMILES string of the molecule is CN(C)C(=O)c1nn(Cc2ccccc2)c2c1C[C@@H](NCC(F)(F)F)CC2. The molecule has 0 saturated carbocycles. The van der Waals surface area contributed by atoms with E-state index in [1.807, 2.05) is 35.0 Å². The van der Waals surface area contributed by atoms with Crippen LogP contribution < -0.4 is 5.32 Å². The Hall–Kier alpha value is -2.35. The number of amides is 1. The molecule has 1 atom stereocenters. The van der Waals surface area contributed by atoms with Crippen LogP contribution in [0.1, 0.15) is 33.7 Å². The van der Waals surface area contributed by atoms with Gasteiger partial charge in [0.15, 0.2) is 5.69 Å². The van der Waals surface area contributed by atoms with Gasteiger partial charge in [-0.25, -0.2) is 0 Å². The van der Waals surface area contributed by atoms with Gasteiger partial charge in [0.05, 0.1) is 13.1 Å². The molecule has 0 radical (unpaired) electrons. The zero-order valence-electron chi connectivity index (χ0n) is 15.4. The van der Waals surface area contributed by atoms with Crippen molar-refractivity contribution in [2.75, 3.05) is 20.6 Å². The fourth-order valence-corrected chi connectivity index (χ4v) is 3.39. The fourth-order valence-electron chi connectivity index (χ4n) is 3.39. The average Bonchev–Trinajstić information content (AvgIpc) is 2.97. The molecule has 0 spiro atoms. The highest BCUT2D eigenvalue weighted by molar-refractivity contribution is 5.93. The van der Waals surface area contributed by atoms with E-state index in [1.54, 1.807) is 14.1 Å². The lowest BCUT2D eigenvalue weighted by atomic mass is 9.91. The largest absolute Gasteiger partial charge is 0.401 e. The summed E-state index contributed by atoms with van der Waals surface area (Å²) in [5, 5.41) is 7.10.